The minimum absolute atomic E-state index is 0.569. The number of carboxylic acids is 1. The van der Waals surface area contributed by atoms with Crippen LogP contribution in [0.5, 0.6) is 0 Å². The van der Waals surface area contributed by atoms with Gasteiger partial charge in [-0.3, -0.25) is 20.2 Å². The molecule has 0 aliphatic rings. The molecule has 1 aromatic rings. The molecule has 0 heterocycles. The van der Waals surface area contributed by atoms with Crippen molar-refractivity contribution in [1.29, 1.82) is 0 Å². The highest BCUT2D eigenvalue weighted by atomic mass is 35.5. The van der Waals surface area contributed by atoms with Gasteiger partial charge in [-0.25, -0.2) is 4.79 Å². The highest BCUT2D eigenvalue weighted by molar-refractivity contribution is 6.41. The fourth-order valence-electron chi connectivity index (χ4n) is 1.06. The van der Waals surface area contributed by atoms with Crippen LogP contribution in [0.15, 0.2) is 6.07 Å². The van der Waals surface area contributed by atoms with E-state index >= 15 is 0 Å². The van der Waals surface area contributed by atoms with Crippen LogP contribution in [0, 0.1) is 20.2 Å². The molecular weight excluding hydrogens is 279 g/mol. The Kier molecular flexibility index (Phi) is 3.49. The van der Waals surface area contributed by atoms with Gasteiger partial charge in [0.1, 0.15) is 5.02 Å². The lowest BCUT2D eigenvalue weighted by molar-refractivity contribution is -0.393. The molecule has 0 bridgehead atoms. The van der Waals surface area contributed by atoms with Crippen LogP contribution in [-0.2, 0) is 0 Å². The van der Waals surface area contributed by atoms with Crippen molar-refractivity contribution < 1.29 is 19.7 Å². The number of carbonyl (C=O) groups is 1. The van der Waals surface area contributed by atoms with Gasteiger partial charge in [0, 0.05) is 6.07 Å². The zero-order valence-corrected chi connectivity index (χ0v) is 9.23. The van der Waals surface area contributed by atoms with Crippen molar-refractivity contribution in [3.05, 3.63) is 41.9 Å². The maximum Gasteiger partial charge on any atom is 0.337 e. The van der Waals surface area contributed by atoms with E-state index in [2.05, 4.69) is 0 Å². The second kappa shape index (κ2) is 4.52. The normalized spacial score (nSPS) is 10.0. The largest absolute Gasteiger partial charge is 0.478 e. The number of nitro benzene ring substituents is 2. The van der Waals surface area contributed by atoms with Crippen molar-refractivity contribution in [3.8, 4) is 0 Å². The highest BCUT2D eigenvalue weighted by Gasteiger charge is 2.32. The molecule has 0 aromatic heterocycles. The standard InChI is InChI=1S/C7H2Cl2N2O6/c8-4-2(7(12)13)1-3(10(14)15)5(9)6(4)11(16)17/h1H,(H,12,13). The molecule has 0 radical (unpaired) electrons. The van der Waals surface area contributed by atoms with Crippen molar-refractivity contribution in [2.24, 2.45) is 0 Å². The van der Waals surface area contributed by atoms with Crippen molar-refractivity contribution >= 4 is 40.5 Å². The average Bonchev–Trinajstić information content (AvgIpc) is 2.15. The topological polar surface area (TPSA) is 124 Å². The highest BCUT2D eigenvalue weighted by Crippen LogP contribution is 2.41. The third-order valence-electron chi connectivity index (χ3n) is 1.77. The Morgan fingerprint density at radius 3 is 2.06 bits per heavy atom. The molecule has 0 amide bonds. The number of nitrogens with zero attached hydrogens (tertiary/aromatic N) is 2. The molecule has 0 saturated carbocycles. The van der Waals surface area contributed by atoms with Gasteiger partial charge in [-0.15, -0.1) is 0 Å². The number of nitro groups is 2. The monoisotopic (exact) mass is 280 g/mol. The zero-order valence-electron chi connectivity index (χ0n) is 7.72. The van der Waals surface area contributed by atoms with E-state index in [-0.39, 0.29) is 0 Å². The molecule has 1 N–H and O–H groups in total. The summed E-state index contributed by atoms with van der Waals surface area (Å²) in [6.07, 6.45) is 0. The first kappa shape index (κ1) is 13.1. The summed E-state index contributed by atoms with van der Waals surface area (Å²) >= 11 is 10.9. The summed E-state index contributed by atoms with van der Waals surface area (Å²) in [6, 6.07) is 0.569. The number of rotatable bonds is 3. The van der Waals surface area contributed by atoms with E-state index in [9.17, 15) is 25.0 Å². The van der Waals surface area contributed by atoms with E-state index in [4.69, 9.17) is 28.3 Å². The molecule has 90 valence electrons. The Labute approximate surface area is 103 Å². The number of aromatic carboxylic acids is 1. The Balaban J connectivity index is 3.76. The van der Waals surface area contributed by atoms with Crippen molar-refractivity contribution in [2.75, 3.05) is 0 Å². The molecule has 0 spiro atoms. The molecule has 0 unspecified atom stereocenters. The van der Waals surface area contributed by atoms with Crippen molar-refractivity contribution in [2.45, 2.75) is 0 Å². The molecule has 0 fully saturated rings. The lowest BCUT2D eigenvalue weighted by Crippen LogP contribution is -2.04. The van der Waals surface area contributed by atoms with E-state index in [1.807, 2.05) is 0 Å². The van der Waals surface area contributed by atoms with Crippen LogP contribution < -0.4 is 0 Å². The number of benzene rings is 1. The first-order chi connectivity index (χ1) is 7.77. The summed E-state index contributed by atoms with van der Waals surface area (Å²) < 4.78 is 0. The minimum Gasteiger partial charge on any atom is -0.478 e. The molecule has 1 rings (SSSR count). The van der Waals surface area contributed by atoms with E-state index in [0.29, 0.717) is 6.07 Å². The summed E-state index contributed by atoms with van der Waals surface area (Å²) in [5.41, 5.74) is -2.64. The Morgan fingerprint density at radius 2 is 1.71 bits per heavy atom. The molecule has 17 heavy (non-hydrogen) atoms. The van der Waals surface area contributed by atoms with Crippen LogP contribution in [-0.4, -0.2) is 20.9 Å². The van der Waals surface area contributed by atoms with Crippen LogP contribution in [0.3, 0.4) is 0 Å². The van der Waals surface area contributed by atoms with Crippen molar-refractivity contribution in [1.82, 2.24) is 0 Å². The summed E-state index contributed by atoms with van der Waals surface area (Å²) in [6.45, 7) is 0. The van der Waals surface area contributed by atoms with E-state index < -0.39 is 42.8 Å². The summed E-state index contributed by atoms with van der Waals surface area (Å²) in [5, 5.41) is 28.3. The summed E-state index contributed by atoms with van der Waals surface area (Å²) in [5.74, 6) is -1.63. The quantitative estimate of drug-likeness (QED) is 0.670. The first-order valence-corrected chi connectivity index (χ1v) is 4.57. The van der Waals surface area contributed by atoms with E-state index in [0.717, 1.165) is 0 Å². The summed E-state index contributed by atoms with van der Waals surface area (Å²) in [4.78, 5) is 29.8. The molecule has 8 nitrogen and oxygen atoms in total. The zero-order chi connectivity index (χ0) is 13.3. The fourth-order valence-corrected chi connectivity index (χ4v) is 1.69. The van der Waals surface area contributed by atoms with Crippen LogP contribution in [0.1, 0.15) is 10.4 Å². The van der Waals surface area contributed by atoms with Gasteiger partial charge in [-0.05, 0) is 0 Å². The van der Waals surface area contributed by atoms with Crippen LogP contribution in [0.25, 0.3) is 0 Å². The SMILES string of the molecule is O=C(O)c1cc([N+](=O)[O-])c(Cl)c([N+](=O)[O-])c1Cl. The predicted octanol–water partition coefficient (Wildman–Crippen LogP) is 2.51. The third kappa shape index (κ3) is 2.27. The molecule has 1 aromatic carbocycles. The van der Waals surface area contributed by atoms with Gasteiger partial charge in [0.25, 0.3) is 5.69 Å². The maximum absolute atomic E-state index is 10.7. The Bertz CT molecular complexity index is 505. The second-order valence-corrected chi connectivity index (χ2v) is 3.50. The van der Waals surface area contributed by atoms with E-state index in [1.165, 1.54) is 0 Å². The van der Waals surface area contributed by atoms with E-state index in [1.54, 1.807) is 0 Å². The molecule has 10 heteroatoms. The number of carboxylic acid groups (broad SMARTS) is 1. The van der Waals surface area contributed by atoms with Gasteiger partial charge < -0.3 is 5.11 Å². The van der Waals surface area contributed by atoms with Gasteiger partial charge in [0.15, 0.2) is 5.02 Å². The Hall–Kier alpha value is -1.93. The minimum atomic E-state index is -1.63. The second-order valence-electron chi connectivity index (χ2n) is 2.74. The molecule has 0 aliphatic heterocycles. The maximum atomic E-state index is 10.7. The average molecular weight is 281 g/mol. The smallest absolute Gasteiger partial charge is 0.337 e. The molecular formula is C7H2Cl2N2O6. The van der Waals surface area contributed by atoms with Gasteiger partial charge in [-0.1, -0.05) is 23.2 Å². The fraction of sp³-hybridized carbons (Fsp3) is 0. The van der Waals surface area contributed by atoms with Crippen LogP contribution in [0.4, 0.5) is 11.4 Å². The number of halogens is 2. The predicted molar refractivity (Wildman–Crippen MR) is 56.7 cm³/mol. The number of hydrogen-bond donors (Lipinski definition) is 1. The number of hydrogen-bond acceptors (Lipinski definition) is 5. The van der Waals surface area contributed by atoms with Crippen molar-refractivity contribution in [3.63, 3.8) is 0 Å². The van der Waals surface area contributed by atoms with Crippen LogP contribution >= 0.6 is 23.2 Å². The van der Waals surface area contributed by atoms with Gasteiger partial charge in [-0.2, -0.15) is 0 Å². The van der Waals surface area contributed by atoms with Crippen LogP contribution in [0.2, 0.25) is 10.0 Å². The Morgan fingerprint density at radius 1 is 1.18 bits per heavy atom. The van der Waals surface area contributed by atoms with Gasteiger partial charge >= 0.3 is 11.7 Å². The molecule has 0 atom stereocenters. The summed E-state index contributed by atoms with van der Waals surface area (Å²) in [7, 11) is 0. The third-order valence-corrected chi connectivity index (χ3v) is 2.52. The first-order valence-electron chi connectivity index (χ1n) is 3.81. The molecule has 0 aliphatic carbocycles. The molecule has 0 saturated heterocycles. The lowest BCUT2D eigenvalue weighted by Gasteiger charge is -2.03. The lowest BCUT2D eigenvalue weighted by atomic mass is 10.1. The van der Waals surface area contributed by atoms with Gasteiger partial charge in [0.2, 0.25) is 0 Å². The van der Waals surface area contributed by atoms with Gasteiger partial charge in [0.05, 0.1) is 15.4 Å².